The highest BCUT2D eigenvalue weighted by molar-refractivity contribution is 5.89. The molecule has 0 spiro atoms. The van der Waals surface area contributed by atoms with Gasteiger partial charge in [0.1, 0.15) is 5.76 Å². The lowest BCUT2D eigenvalue weighted by Crippen LogP contribution is -2.22. The fourth-order valence-corrected chi connectivity index (χ4v) is 3.94. The second-order valence-electron chi connectivity index (χ2n) is 7.15. The lowest BCUT2D eigenvalue weighted by atomic mass is 9.92. The molecule has 0 atom stereocenters. The van der Waals surface area contributed by atoms with Crippen molar-refractivity contribution in [2.24, 2.45) is 0 Å². The predicted octanol–water partition coefficient (Wildman–Crippen LogP) is 3.58. The Morgan fingerprint density at radius 1 is 0.926 bits per heavy atom. The number of ether oxygens (including phenoxy) is 4. The smallest absolute Gasteiger partial charge is 0.231 e. The number of aliphatic hydroxyl groups excluding tert-OH is 1. The van der Waals surface area contributed by atoms with Gasteiger partial charge in [-0.15, -0.1) is 0 Å². The largest absolute Gasteiger partial charge is 0.507 e. The molecule has 27 heavy (non-hydrogen) atoms. The summed E-state index contributed by atoms with van der Waals surface area (Å²) < 4.78 is 22.3. The highest BCUT2D eigenvalue weighted by Gasteiger charge is 2.26. The van der Waals surface area contributed by atoms with E-state index in [1.807, 2.05) is 31.2 Å². The van der Waals surface area contributed by atoms with Crippen molar-refractivity contribution in [3.8, 4) is 23.0 Å². The van der Waals surface area contributed by atoms with E-state index >= 15 is 0 Å². The summed E-state index contributed by atoms with van der Waals surface area (Å²) in [6.07, 6.45) is 0.793. The summed E-state index contributed by atoms with van der Waals surface area (Å²) >= 11 is 0. The number of benzene rings is 2. The molecule has 3 aliphatic rings. The summed E-state index contributed by atoms with van der Waals surface area (Å²) in [6, 6.07) is 7.77. The average molecular weight is 367 g/mol. The highest BCUT2D eigenvalue weighted by atomic mass is 16.7. The Bertz CT molecular complexity index is 966. The monoisotopic (exact) mass is 367 g/mol. The fraction of sp³-hybridized carbons (Fsp3) is 0.333. The maximum atomic E-state index is 11.1. The summed E-state index contributed by atoms with van der Waals surface area (Å²) in [5, 5.41) is 11.1. The molecular weight excluding hydrogens is 346 g/mol. The van der Waals surface area contributed by atoms with Gasteiger partial charge in [-0.3, -0.25) is 0 Å². The molecule has 0 saturated heterocycles. The zero-order chi connectivity index (χ0) is 18.5. The first-order valence-electron chi connectivity index (χ1n) is 9.05. The van der Waals surface area contributed by atoms with Gasteiger partial charge in [-0.05, 0) is 55.3 Å². The van der Waals surface area contributed by atoms with Crippen molar-refractivity contribution in [2.45, 2.75) is 19.9 Å². The van der Waals surface area contributed by atoms with Crippen LogP contribution in [-0.4, -0.2) is 37.2 Å². The molecule has 6 heteroatoms. The van der Waals surface area contributed by atoms with Crippen molar-refractivity contribution in [2.75, 3.05) is 27.2 Å². The molecule has 0 amide bonds. The molecule has 1 N–H and O–H groups in total. The number of allylic oxidation sites excluding steroid dienone is 1. The van der Waals surface area contributed by atoms with Crippen LogP contribution in [0.1, 0.15) is 29.2 Å². The molecule has 0 radical (unpaired) electrons. The van der Waals surface area contributed by atoms with Crippen LogP contribution in [0.5, 0.6) is 23.0 Å². The van der Waals surface area contributed by atoms with E-state index in [1.54, 1.807) is 0 Å². The second-order valence-corrected chi connectivity index (χ2v) is 7.15. The Hall–Kier alpha value is -2.86. The first-order chi connectivity index (χ1) is 13.1. The molecule has 2 aromatic carbocycles. The summed E-state index contributed by atoms with van der Waals surface area (Å²) in [5.74, 6) is 3.20. The van der Waals surface area contributed by atoms with E-state index in [2.05, 4.69) is 11.9 Å². The second kappa shape index (κ2) is 6.09. The van der Waals surface area contributed by atoms with Crippen LogP contribution in [0.2, 0.25) is 0 Å². The van der Waals surface area contributed by atoms with Crippen LogP contribution >= 0.6 is 0 Å². The van der Waals surface area contributed by atoms with E-state index in [9.17, 15) is 5.11 Å². The van der Waals surface area contributed by atoms with Crippen LogP contribution in [-0.2, 0) is 13.0 Å². The fourth-order valence-electron chi connectivity index (χ4n) is 3.94. The molecular formula is C21H21NO5. The van der Waals surface area contributed by atoms with Gasteiger partial charge in [-0.1, -0.05) is 6.07 Å². The molecule has 2 aromatic rings. The minimum Gasteiger partial charge on any atom is -0.507 e. The van der Waals surface area contributed by atoms with E-state index in [0.29, 0.717) is 12.3 Å². The lowest BCUT2D eigenvalue weighted by molar-refractivity contribution is 0.172. The van der Waals surface area contributed by atoms with Crippen LogP contribution < -0.4 is 18.9 Å². The number of hydrogen-bond donors (Lipinski definition) is 1. The minimum absolute atomic E-state index is 0.216. The van der Waals surface area contributed by atoms with E-state index in [4.69, 9.17) is 18.9 Å². The van der Waals surface area contributed by atoms with Gasteiger partial charge >= 0.3 is 0 Å². The number of likely N-dealkylation sites (N-methyl/N-ethyl adjacent to an activating group) is 1. The Morgan fingerprint density at radius 2 is 1.67 bits per heavy atom. The first-order valence-corrected chi connectivity index (χ1v) is 9.05. The summed E-state index contributed by atoms with van der Waals surface area (Å²) in [7, 11) is 2.09. The molecule has 0 saturated carbocycles. The van der Waals surface area contributed by atoms with Gasteiger partial charge in [0.05, 0.1) is 0 Å². The zero-order valence-electron chi connectivity index (χ0n) is 15.4. The van der Waals surface area contributed by atoms with Gasteiger partial charge in [-0.25, -0.2) is 0 Å². The Kier molecular flexibility index (Phi) is 3.68. The standard InChI is InChI=1S/C21H21NO5/c1-12-14-3-4-17-21(27-11-24-17)16(14)9-22(2)6-5-13-7-18-19(26-10-25-18)8-15(13)20(12)23/h3-4,7-8,23H,5-6,9-11H2,1-2H3. The van der Waals surface area contributed by atoms with Gasteiger partial charge in [0.2, 0.25) is 13.6 Å². The van der Waals surface area contributed by atoms with Crippen LogP contribution in [0.4, 0.5) is 0 Å². The van der Waals surface area contributed by atoms with Crippen LogP contribution in [0, 0.1) is 0 Å². The predicted molar refractivity (Wildman–Crippen MR) is 100 cm³/mol. The molecule has 0 fully saturated rings. The van der Waals surface area contributed by atoms with Crippen molar-refractivity contribution >= 4 is 11.3 Å². The zero-order valence-corrected chi connectivity index (χ0v) is 15.4. The molecule has 0 aliphatic carbocycles. The average Bonchev–Trinajstić information content (AvgIpc) is 3.32. The molecule has 3 aliphatic heterocycles. The van der Waals surface area contributed by atoms with Crippen molar-refractivity contribution in [1.82, 2.24) is 4.90 Å². The van der Waals surface area contributed by atoms with Crippen molar-refractivity contribution in [1.29, 1.82) is 0 Å². The number of hydrogen-bond acceptors (Lipinski definition) is 6. The molecule has 0 bridgehead atoms. The Balaban J connectivity index is 1.73. The third kappa shape index (κ3) is 2.59. The molecule has 5 rings (SSSR count). The minimum atomic E-state index is 0.216. The highest BCUT2D eigenvalue weighted by Crippen LogP contribution is 2.43. The number of rotatable bonds is 0. The number of aliphatic hydroxyl groups is 1. The maximum Gasteiger partial charge on any atom is 0.231 e. The normalized spacial score (nSPS) is 18.3. The van der Waals surface area contributed by atoms with E-state index < -0.39 is 0 Å². The van der Waals surface area contributed by atoms with Crippen LogP contribution in [0.3, 0.4) is 0 Å². The van der Waals surface area contributed by atoms with E-state index in [-0.39, 0.29) is 19.3 Å². The molecule has 6 nitrogen and oxygen atoms in total. The van der Waals surface area contributed by atoms with Crippen molar-refractivity contribution < 1.29 is 24.1 Å². The Labute approximate surface area is 157 Å². The Morgan fingerprint density at radius 3 is 2.52 bits per heavy atom. The molecule has 0 aromatic heterocycles. The maximum absolute atomic E-state index is 11.1. The van der Waals surface area contributed by atoms with Crippen LogP contribution in [0.15, 0.2) is 24.3 Å². The number of nitrogens with zero attached hydrogens (tertiary/aromatic N) is 1. The number of fused-ring (bicyclic) bond motifs is 5. The molecule has 3 heterocycles. The lowest BCUT2D eigenvalue weighted by Gasteiger charge is -2.24. The summed E-state index contributed by atoms with van der Waals surface area (Å²) in [6.45, 7) is 3.94. The van der Waals surface area contributed by atoms with Gasteiger partial charge in [-0.2, -0.15) is 0 Å². The van der Waals surface area contributed by atoms with Crippen LogP contribution in [0.25, 0.3) is 11.3 Å². The molecule has 140 valence electrons. The summed E-state index contributed by atoms with van der Waals surface area (Å²) in [5.41, 5.74) is 4.65. The van der Waals surface area contributed by atoms with Gasteiger partial charge < -0.3 is 29.0 Å². The van der Waals surface area contributed by atoms with E-state index in [1.165, 1.54) is 0 Å². The topological polar surface area (TPSA) is 60.4 Å². The third-order valence-corrected chi connectivity index (χ3v) is 5.45. The van der Waals surface area contributed by atoms with Crippen molar-refractivity contribution in [3.05, 3.63) is 46.5 Å². The first kappa shape index (κ1) is 16.3. The van der Waals surface area contributed by atoms with Gasteiger partial charge in [0.25, 0.3) is 0 Å². The SMILES string of the molecule is CC1=C(O)c2cc3c(cc2CCN(C)Cc2c1ccc1c2OCO1)OCO3. The van der Waals surface area contributed by atoms with Gasteiger partial charge in [0, 0.05) is 24.2 Å². The van der Waals surface area contributed by atoms with Crippen molar-refractivity contribution in [3.63, 3.8) is 0 Å². The van der Waals surface area contributed by atoms with E-state index in [0.717, 1.165) is 58.0 Å². The van der Waals surface area contributed by atoms with Gasteiger partial charge in [0.15, 0.2) is 23.0 Å². The quantitative estimate of drug-likeness (QED) is 0.768. The molecule has 0 unspecified atom stereocenters. The summed E-state index contributed by atoms with van der Waals surface area (Å²) in [4.78, 5) is 2.25. The third-order valence-electron chi connectivity index (χ3n) is 5.45.